The third-order valence-electron chi connectivity index (χ3n) is 2.40. The number of rotatable bonds is 6. The second kappa shape index (κ2) is 5.94. The quantitative estimate of drug-likeness (QED) is 0.585. The molecule has 1 aromatic heterocycles. The van der Waals surface area contributed by atoms with Crippen LogP contribution in [0.2, 0.25) is 0 Å². The molecule has 0 aliphatic rings. The number of hydrogen-bond donors (Lipinski definition) is 3. The van der Waals surface area contributed by atoms with Gasteiger partial charge in [0.1, 0.15) is 6.54 Å². The van der Waals surface area contributed by atoms with Gasteiger partial charge in [0, 0.05) is 6.04 Å². The van der Waals surface area contributed by atoms with Crippen LogP contribution in [0.4, 0.5) is 5.95 Å². The van der Waals surface area contributed by atoms with Gasteiger partial charge in [-0.3, -0.25) is 9.59 Å². The van der Waals surface area contributed by atoms with Crippen LogP contribution in [0, 0.1) is 5.92 Å². The van der Waals surface area contributed by atoms with Crippen molar-refractivity contribution in [3.63, 3.8) is 0 Å². The van der Waals surface area contributed by atoms with Crippen molar-refractivity contribution in [2.24, 2.45) is 5.92 Å². The molecule has 1 heterocycles. The highest BCUT2D eigenvalue weighted by Crippen LogP contribution is 2.06. The molecule has 1 aromatic rings. The highest BCUT2D eigenvalue weighted by molar-refractivity contribution is 5.77. The zero-order valence-electron chi connectivity index (χ0n) is 10.2. The Morgan fingerprint density at radius 1 is 1.50 bits per heavy atom. The van der Waals surface area contributed by atoms with Crippen LogP contribution in [0.5, 0.6) is 0 Å². The number of nitrogens with zero attached hydrogens (tertiary/aromatic N) is 4. The van der Waals surface area contributed by atoms with E-state index in [1.807, 2.05) is 13.8 Å². The fourth-order valence-corrected chi connectivity index (χ4v) is 1.35. The summed E-state index contributed by atoms with van der Waals surface area (Å²) >= 11 is 0. The number of nitrogen functional groups attached to an aromatic ring is 1. The first-order valence-corrected chi connectivity index (χ1v) is 5.43. The third-order valence-corrected chi connectivity index (χ3v) is 2.40. The predicted molar refractivity (Wildman–Crippen MR) is 61.3 cm³/mol. The molecular formula is C9H16N6O3. The van der Waals surface area contributed by atoms with Crippen molar-refractivity contribution in [3.8, 4) is 0 Å². The van der Waals surface area contributed by atoms with E-state index in [2.05, 4.69) is 20.8 Å². The first kappa shape index (κ1) is 13.9. The topological polar surface area (TPSA) is 136 Å². The van der Waals surface area contributed by atoms with Crippen molar-refractivity contribution < 1.29 is 14.7 Å². The monoisotopic (exact) mass is 256 g/mol. The van der Waals surface area contributed by atoms with Crippen molar-refractivity contribution in [2.45, 2.75) is 32.9 Å². The van der Waals surface area contributed by atoms with Crippen LogP contribution in [0.3, 0.4) is 0 Å². The first-order chi connectivity index (χ1) is 8.40. The molecule has 0 saturated heterocycles. The lowest BCUT2D eigenvalue weighted by Crippen LogP contribution is -2.41. The Hall–Kier alpha value is -2.19. The summed E-state index contributed by atoms with van der Waals surface area (Å²) in [6, 6.07) is -0.437. The van der Waals surface area contributed by atoms with Crippen LogP contribution in [0.25, 0.3) is 0 Å². The standard InChI is InChI=1S/C9H16N6O3/c1-5(2)6(3-8(17)18)11-7(16)4-15-9(10)12-13-14-15/h5-6H,3-4H2,1-2H3,(H,11,16)(H,17,18)(H2,10,12,14)/t6-/m1/s1. The number of carbonyl (C=O) groups excluding carboxylic acids is 1. The maximum absolute atomic E-state index is 11.7. The number of carboxylic acid groups (broad SMARTS) is 1. The molecule has 9 heteroatoms. The molecule has 0 saturated carbocycles. The van der Waals surface area contributed by atoms with Gasteiger partial charge in [0.15, 0.2) is 0 Å². The van der Waals surface area contributed by atoms with Gasteiger partial charge in [-0.2, -0.15) is 0 Å². The average Bonchev–Trinajstić information content (AvgIpc) is 2.62. The second-order valence-electron chi connectivity index (χ2n) is 4.21. The SMILES string of the molecule is CC(C)[C@@H](CC(=O)O)NC(=O)Cn1nnnc1N. The summed E-state index contributed by atoms with van der Waals surface area (Å²) in [5.41, 5.74) is 5.41. The van der Waals surface area contributed by atoms with Gasteiger partial charge in [0.25, 0.3) is 0 Å². The van der Waals surface area contributed by atoms with Gasteiger partial charge in [-0.05, 0) is 16.3 Å². The molecule has 0 aliphatic carbocycles. The van der Waals surface area contributed by atoms with Gasteiger partial charge in [-0.25, -0.2) is 4.68 Å². The number of tetrazole rings is 1. The number of aromatic nitrogens is 4. The number of nitrogens with one attached hydrogen (secondary N) is 1. The number of anilines is 1. The Morgan fingerprint density at radius 2 is 2.17 bits per heavy atom. The molecule has 0 fully saturated rings. The van der Waals surface area contributed by atoms with E-state index >= 15 is 0 Å². The van der Waals surface area contributed by atoms with E-state index < -0.39 is 12.0 Å². The van der Waals surface area contributed by atoms with Crippen LogP contribution in [0.15, 0.2) is 0 Å². The summed E-state index contributed by atoms with van der Waals surface area (Å²) < 4.78 is 1.13. The molecule has 1 rings (SSSR count). The molecular weight excluding hydrogens is 240 g/mol. The first-order valence-electron chi connectivity index (χ1n) is 5.43. The summed E-state index contributed by atoms with van der Waals surface area (Å²) in [6.07, 6.45) is -0.130. The van der Waals surface area contributed by atoms with E-state index in [0.29, 0.717) is 0 Å². The summed E-state index contributed by atoms with van der Waals surface area (Å²) in [5, 5.41) is 21.6. The fourth-order valence-electron chi connectivity index (χ4n) is 1.35. The number of carbonyl (C=O) groups is 2. The minimum atomic E-state index is -0.962. The summed E-state index contributed by atoms with van der Waals surface area (Å²) in [7, 11) is 0. The van der Waals surface area contributed by atoms with Crippen molar-refractivity contribution in [1.82, 2.24) is 25.5 Å². The molecule has 0 radical (unpaired) electrons. The third kappa shape index (κ3) is 4.00. The maximum atomic E-state index is 11.7. The Balaban J connectivity index is 2.56. The molecule has 18 heavy (non-hydrogen) atoms. The molecule has 0 aromatic carbocycles. The van der Waals surface area contributed by atoms with Crippen molar-refractivity contribution in [2.75, 3.05) is 5.73 Å². The van der Waals surface area contributed by atoms with E-state index in [4.69, 9.17) is 10.8 Å². The van der Waals surface area contributed by atoms with E-state index in [-0.39, 0.29) is 30.7 Å². The number of aliphatic carboxylic acids is 1. The number of carboxylic acids is 1. The zero-order valence-corrected chi connectivity index (χ0v) is 10.2. The van der Waals surface area contributed by atoms with Crippen LogP contribution in [0.1, 0.15) is 20.3 Å². The molecule has 4 N–H and O–H groups in total. The van der Waals surface area contributed by atoms with Crippen LogP contribution in [-0.4, -0.2) is 43.2 Å². The van der Waals surface area contributed by atoms with Crippen molar-refractivity contribution in [1.29, 1.82) is 0 Å². The Labute approximate surface area is 103 Å². The molecule has 1 atom stereocenters. The van der Waals surface area contributed by atoms with E-state index in [1.165, 1.54) is 0 Å². The highest BCUT2D eigenvalue weighted by atomic mass is 16.4. The van der Waals surface area contributed by atoms with Crippen molar-refractivity contribution >= 4 is 17.8 Å². The smallest absolute Gasteiger partial charge is 0.305 e. The van der Waals surface area contributed by atoms with Gasteiger partial charge in [0.2, 0.25) is 11.9 Å². The van der Waals surface area contributed by atoms with Crippen LogP contribution >= 0.6 is 0 Å². The van der Waals surface area contributed by atoms with Gasteiger partial charge in [-0.1, -0.05) is 18.9 Å². The lowest BCUT2D eigenvalue weighted by molar-refractivity contribution is -0.138. The predicted octanol–water partition coefficient (Wildman–Crippen LogP) is -1.13. The summed E-state index contributed by atoms with van der Waals surface area (Å²) in [6.45, 7) is 3.53. The minimum absolute atomic E-state index is 0.0104. The Morgan fingerprint density at radius 3 is 2.61 bits per heavy atom. The molecule has 0 aliphatic heterocycles. The Kier molecular flexibility index (Phi) is 4.58. The van der Waals surface area contributed by atoms with Gasteiger partial charge < -0.3 is 16.2 Å². The number of hydrogen-bond acceptors (Lipinski definition) is 6. The number of amides is 1. The Bertz CT molecular complexity index is 430. The highest BCUT2D eigenvalue weighted by Gasteiger charge is 2.20. The largest absolute Gasteiger partial charge is 0.481 e. The molecule has 100 valence electrons. The lowest BCUT2D eigenvalue weighted by atomic mass is 10.0. The molecule has 0 unspecified atom stereocenters. The molecule has 9 nitrogen and oxygen atoms in total. The molecule has 1 amide bonds. The fraction of sp³-hybridized carbons (Fsp3) is 0.667. The minimum Gasteiger partial charge on any atom is -0.481 e. The van der Waals surface area contributed by atoms with Gasteiger partial charge in [0.05, 0.1) is 6.42 Å². The molecule has 0 bridgehead atoms. The summed E-state index contributed by atoms with van der Waals surface area (Å²) in [5.74, 6) is -1.30. The van der Waals surface area contributed by atoms with Gasteiger partial charge in [-0.15, -0.1) is 0 Å². The van der Waals surface area contributed by atoms with Crippen LogP contribution in [-0.2, 0) is 16.1 Å². The second-order valence-corrected chi connectivity index (χ2v) is 4.21. The van der Waals surface area contributed by atoms with E-state index in [1.54, 1.807) is 0 Å². The van der Waals surface area contributed by atoms with Crippen molar-refractivity contribution in [3.05, 3.63) is 0 Å². The zero-order chi connectivity index (χ0) is 13.7. The van der Waals surface area contributed by atoms with Gasteiger partial charge >= 0.3 is 5.97 Å². The van der Waals surface area contributed by atoms with Crippen LogP contribution < -0.4 is 11.1 Å². The average molecular weight is 256 g/mol. The van der Waals surface area contributed by atoms with E-state index in [9.17, 15) is 9.59 Å². The lowest BCUT2D eigenvalue weighted by Gasteiger charge is -2.20. The summed E-state index contributed by atoms with van der Waals surface area (Å²) in [4.78, 5) is 22.3. The number of nitrogens with two attached hydrogens (primary N) is 1. The maximum Gasteiger partial charge on any atom is 0.305 e. The molecule has 0 spiro atoms. The normalized spacial score (nSPS) is 12.4. The van der Waals surface area contributed by atoms with E-state index in [0.717, 1.165) is 4.68 Å².